The highest BCUT2D eigenvalue weighted by Crippen LogP contribution is 2.55. The second-order valence-corrected chi connectivity index (χ2v) is 6.41. The molecule has 0 radical (unpaired) electrons. The van der Waals surface area contributed by atoms with E-state index in [4.69, 9.17) is 16.3 Å². The van der Waals surface area contributed by atoms with E-state index >= 15 is 0 Å². The fraction of sp³-hybridized carbons (Fsp3) is 0.625. The first kappa shape index (κ1) is 13.2. The van der Waals surface area contributed by atoms with Crippen LogP contribution in [0.15, 0.2) is 24.3 Å². The third kappa shape index (κ3) is 2.35. The van der Waals surface area contributed by atoms with Crippen LogP contribution in [0.2, 0.25) is 0 Å². The highest BCUT2D eigenvalue weighted by molar-refractivity contribution is 6.21. The lowest BCUT2D eigenvalue weighted by Gasteiger charge is -2.53. The summed E-state index contributed by atoms with van der Waals surface area (Å²) >= 11 is 6.48. The molecule has 0 amide bonds. The molecule has 2 aliphatic rings. The van der Waals surface area contributed by atoms with Gasteiger partial charge in [0.1, 0.15) is 6.10 Å². The first-order valence-electron chi connectivity index (χ1n) is 7.28. The summed E-state index contributed by atoms with van der Waals surface area (Å²) in [6.07, 6.45) is 8.21. The molecule has 104 valence electrons. The van der Waals surface area contributed by atoms with Gasteiger partial charge < -0.3 is 4.74 Å². The zero-order valence-electron chi connectivity index (χ0n) is 11.1. The standard InChI is InChI=1S/C16H20ClFO/c17-14-11-15(16(14)9-5-1-2-6-10-16)19-13-8-4-3-7-12(13)18/h3-4,7-8,14-15H,1-2,5-6,9-11H2. The van der Waals surface area contributed by atoms with Crippen LogP contribution in [0.1, 0.15) is 44.9 Å². The smallest absolute Gasteiger partial charge is 0.165 e. The van der Waals surface area contributed by atoms with Crippen LogP contribution < -0.4 is 4.74 Å². The molecule has 1 aromatic rings. The molecule has 1 nitrogen and oxygen atoms in total. The van der Waals surface area contributed by atoms with Gasteiger partial charge in [0.15, 0.2) is 11.6 Å². The van der Waals surface area contributed by atoms with Gasteiger partial charge in [-0.15, -0.1) is 11.6 Å². The Labute approximate surface area is 119 Å². The molecule has 0 bridgehead atoms. The molecule has 0 aromatic heterocycles. The molecule has 2 atom stereocenters. The molecule has 1 aromatic carbocycles. The predicted molar refractivity (Wildman–Crippen MR) is 75.2 cm³/mol. The van der Waals surface area contributed by atoms with Gasteiger partial charge in [-0.25, -0.2) is 4.39 Å². The van der Waals surface area contributed by atoms with E-state index in [1.54, 1.807) is 12.1 Å². The Morgan fingerprint density at radius 3 is 2.42 bits per heavy atom. The molecule has 2 aliphatic carbocycles. The minimum Gasteiger partial charge on any atom is -0.487 e. The van der Waals surface area contributed by atoms with Gasteiger partial charge in [-0.2, -0.15) is 0 Å². The van der Waals surface area contributed by atoms with Crippen LogP contribution in [0.25, 0.3) is 0 Å². The maximum absolute atomic E-state index is 13.7. The summed E-state index contributed by atoms with van der Waals surface area (Å²) in [5.41, 5.74) is 0.0837. The molecule has 2 saturated carbocycles. The number of para-hydroxylation sites is 1. The lowest BCUT2D eigenvalue weighted by molar-refractivity contribution is -0.0529. The summed E-state index contributed by atoms with van der Waals surface area (Å²) in [5, 5.41) is 0.197. The van der Waals surface area contributed by atoms with Crippen LogP contribution in [0.3, 0.4) is 0 Å². The van der Waals surface area contributed by atoms with Gasteiger partial charge in [0, 0.05) is 17.2 Å². The molecular weight excluding hydrogens is 263 g/mol. The Kier molecular flexibility index (Phi) is 3.70. The van der Waals surface area contributed by atoms with E-state index < -0.39 is 0 Å². The zero-order valence-corrected chi connectivity index (χ0v) is 11.8. The van der Waals surface area contributed by atoms with Gasteiger partial charge in [-0.05, 0) is 25.0 Å². The van der Waals surface area contributed by atoms with Crippen molar-refractivity contribution in [3.63, 3.8) is 0 Å². The van der Waals surface area contributed by atoms with Crippen molar-refractivity contribution in [2.45, 2.75) is 56.4 Å². The Morgan fingerprint density at radius 1 is 1.11 bits per heavy atom. The minimum atomic E-state index is -0.274. The van der Waals surface area contributed by atoms with E-state index in [1.807, 2.05) is 6.07 Å². The van der Waals surface area contributed by atoms with Crippen LogP contribution >= 0.6 is 11.6 Å². The van der Waals surface area contributed by atoms with Gasteiger partial charge in [-0.3, -0.25) is 0 Å². The average Bonchev–Trinajstić information content (AvgIpc) is 2.68. The summed E-state index contributed by atoms with van der Waals surface area (Å²) in [4.78, 5) is 0. The topological polar surface area (TPSA) is 9.23 Å². The maximum atomic E-state index is 13.7. The number of benzene rings is 1. The van der Waals surface area contributed by atoms with Crippen molar-refractivity contribution in [2.75, 3.05) is 0 Å². The number of hydrogen-bond donors (Lipinski definition) is 0. The van der Waals surface area contributed by atoms with Crippen LogP contribution in [-0.4, -0.2) is 11.5 Å². The number of ether oxygens (including phenoxy) is 1. The van der Waals surface area contributed by atoms with E-state index in [1.165, 1.54) is 31.7 Å². The Bertz CT molecular complexity index is 440. The second-order valence-electron chi connectivity index (χ2n) is 5.89. The predicted octanol–water partition coefficient (Wildman–Crippen LogP) is 4.92. The molecular formula is C16H20ClFO. The van der Waals surface area contributed by atoms with Crippen molar-refractivity contribution in [3.05, 3.63) is 30.1 Å². The van der Waals surface area contributed by atoms with E-state index in [0.29, 0.717) is 5.75 Å². The van der Waals surface area contributed by atoms with Crippen molar-refractivity contribution in [1.82, 2.24) is 0 Å². The fourth-order valence-electron chi connectivity index (χ4n) is 3.58. The first-order chi connectivity index (χ1) is 9.22. The summed E-state index contributed by atoms with van der Waals surface area (Å²) in [6, 6.07) is 6.66. The fourth-order valence-corrected chi connectivity index (χ4v) is 4.10. The minimum absolute atomic E-state index is 0.0837. The molecule has 3 rings (SSSR count). The Morgan fingerprint density at radius 2 is 1.79 bits per heavy atom. The Hall–Kier alpha value is -0.760. The highest BCUT2D eigenvalue weighted by Gasteiger charge is 2.55. The second kappa shape index (κ2) is 5.32. The monoisotopic (exact) mass is 282 g/mol. The van der Waals surface area contributed by atoms with Gasteiger partial charge in [0.2, 0.25) is 0 Å². The van der Waals surface area contributed by atoms with Crippen LogP contribution in [0.5, 0.6) is 5.75 Å². The molecule has 2 fully saturated rings. The van der Waals surface area contributed by atoms with Crippen molar-refractivity contribution in [2.24, 2.45) is 5.41 Å². The van der Waals surface area contributed by atoms with Gasteiger partial charge in [-0.1, -0.05) is 37.8 Å². The molecule has 19 heavy (non-hydrogen) atoms. The number of rotatable bonds is 2. The molecule has 1 spiro atoms. The van der Waals surface area contributed by atoms with E-state index in [0.717, 1.165) is 19.3 Å². The van der Waals surface area contributed by atoms with Crippen LogP contribution in [0.4, 0.5) is 4.39 Å². The number of hydrogen-bond acceptors (Lipinski definition) is 1. The van der Waals surface area contributed by atoms with E-state index in [-0.39, 0.29) is 22.7 Å². The van der Waals surface area contributed by atoms with E-state index in [9.17, 15) is 4.39 Å². The molecule has 0 heterocycles. The molecule has 0 N–H and O–H groups in total. The van der Waals surface area contributed by atoms with Crippen molar-refractivity contribution in [3.8, 4) is 5.75 Å². The summed E-state index contributed by atoms with van der Waals surface area (Å²) in [6.45, 7) is 0. The molecule has 0 aliphatic heterocycles. The molecule has 0 saturated heterocycles. The van der Waals surface area contributed by atoms with Crippen LogP contribution in [-0.2, 0) is 0 Å². The van der Waals surface area contributed by atoms with Gasteiger partial charge >= 0.3 is 0 Å². The summed E-state index contributed by atoms with van der Waals surface area (Å²) < 4.78 is 19.6. The lowest BCUT2D eigenvalue weighted by atomic mass is 9.61. The summed E-state index contributed by atoms with van der Waals surface area (Å²) in [5.74, 6) is 0.101. The Balaban J connectivity index is 1.76. The normalized spacial score (nSPS) is 29.6. The van der Waals surface area contributed by atoms with Crippen LogP contribution in [0, 0.1) is 11.2 Å². The molecule has 3 heteroatoms. The third-order valence-electron chi connectivity index (χ3n) is 4.83. The first-order valence-corrected chi connectivity index (χ1v) is 7.71. The third-order valence-corrected chi connectivity index (χ3v) is 5.44. The van der Waals surface area contributed by atoms with Gasteiger partial charge in [0.05, 0.1) is 0 Å². The van der Waals surface area contributed by atoms with E-state index in [2.05, 4.69) is 0 Å². The largest absolute Gasteiger partial charge is 0.487 e. The highest BCUT2D eigenvalue weighted by atomic mass is 35.5. The lowest BCUT2D eigenvalue weighted by Crippen LogP contribution is -2.57. The van der Waals surface area contributed by atoms with Crippen molar-refractivity contribution < 1.29 is 9.13 Å². The van der Waals surface area contributed by atoms with Crippen molar-refractivity contribution in [1.29, 1.82) is 0 Å². The number of halogens is 2. The van der Waals surface area contributed by atoms with Gasteiger partial charge in [0.25, 0.3) is 0 Å². The summed E-state index contributed by atoms with van der Waals surface area (Å²) in [7, 11) is 0. The number of alkyl halides is 1. The average molecular weight is 283 g/mol. The quantitative estimate of drug-likeness (QED) is 0.699. The van der Waals surface area contributed by atoms with Crippen molar-refractivity contribution >= 4 is 11.6 Å². The SMILES string of the molecule is Fc1ccccc1OC1CC(Cl)C12CCCCCC2. The molecule has 2 unspecified atom stereocenters. The maximum Gasteiger partial charge on any atom is 0.165 e. The zero-order chi connectivity index (χ0) is 13.3.